The number of oxazole rings is 1. The summed E-state index contributed by atoms with van der Waals surface area (Å²) in [5.74, 6) is -0.995. The molecule has 0 aliphatic heterocycles. The van der Waals surface area contributed by atoms with Gasteiger partial charge in [0, 0.05) is 5.69 Å². The minimum atomic E-state index is -0.995. The van der Waals surface area contributed by atoms with Crippen LogP contribution < -0.4 is 0 Å². The highest BCUT2D eigenvalue weighted by Gasteiger charge is 2.18. The number of aromatic carboxylic acids is 1. The monoisotopic (exact) mass is 264 g/mol. The molecule has 6 heteroatoms. The molecular formula is C12H12N2O3S. The van der Waals surface area contributed by atoms with Crippen molar-refractivity contribution < 1.29 is 14.3 Å². The fourth-order valence-electron chi connectivity index (χ4n) is 1.60. The highest BCUT2D eigenvalue weighted by molar-refractivity contribution is 7.99. The fourth-order valence-corrected chi connectivity index (χ4v) is 2.59. The summed E-state index contributed by atoms with van der Waals surface area (Å²) in [4.78, 5) is 19.6. The zero-order chi connectivity index (χ0) is 13.3. The molecule has 0 aromatic carbocycles. The number of nitrogens with zero attached hydrogens (tertiary/aromatic N) is 2. The average molecular weight is 264 g/mol. The Kier molecular flexibility index (Phi) is 3.38. The first kappa shape index (κ1) is 12.6. The maximum atomic E-state index is 11.2. The van der Waals surface area contributed by atoms with Gasteiger partial charge < -0.3 is 9.52 Å². The highest BCUT2D eigenvalue weighted by atomic mass is 32.2. The first-order valence-electron chi connectivity index (χ1n) is 5.29. The lowest BCUT2D eigenvalue weighted by Crippen LogP contribution is -2.05. The Labute approximate surface area is 108 Å². The molecule has 0 bridgehead atoms. The van der Waals surface area contributed by atoms with E-state index in [9.17, 15) is 9.90 Å². The van der Waals surface area contributed by atoms with E-state index in [1.807, 2.05) is 6.92 Å². The second kappa shape index (κ2) is 4.81. The van der Waals surface area contributed by atoms with Crippen molar-refractivity contribution in [1.29, 1.82) is 0 Å². The van der Waals surface area contributed by atoms with Crippen LogP contribution in [0.4, 0.5) is 0 Å². The molecular weight excluding hydrogens is 252 g/mol. The minimum Gasteiger partial charge on any atom is -0.478 e. The Balaban J connectivity index is 2.45. The van der Waals surface area contributed by atoms with Crippen LogP contribution in [0.3, 0.4) is 0 Å². The van der Waals surface area contributed by atoms with Crippen LogP contribution in [0.1, 0.15) is 27.3 Å². The number of rotatable bonds is 3. The van der Waals surface area contributed by atoms with Crippen molar-refractivity contribution in [2.45, 2.75) is 31.0 Å². The number of aryl methyl sites for hydroxylation is 3. The number of hydrogen-bond donors (Lipinski definition) is 1. The van der Waals surface area contributed by atoms with Crippen LogP contribution >= 0.6 is 11.8 Å². The Hall–Kier alpha value is -1.82. The van der Waals surface area contributed by atoms with Crippen molar-refractivity contribution in [1.82, 2.24) is 9.97 Å². The van der Waals surface area contributed by atoms with Gasteiger partial charge in [0.1, 0.15) is 11.3 Å². The van der Waals surface area contributed by atoms with E-state index in [0.29, 0.717) is 15.8 Å². The summed E-state index contributed by atoms with van der Waals surface area (Å²) >= 11 is 1.12. The molecule has 0 atom stereocenters. The van der Waals surface area contributed by atoms with Gasteiger partial charge in [0.15, 0.2) is 0 Å². The summed E-state index contributed by atoms with van der Waals surface area (Å²) < 4.78 is 5.20. The molecule has 5 nitrogen and oxygen atoms in total. The Bertz CT molecular complexity index is 607. The lowest BCUT2D eigenvalue weighted by Gasteiger charge is -2.07. The van der Waals surface area contributed by atoms with Crippen molar-refractivity contribution >= 4 is 17.7 Å². The van der Waals surface area contributed by atoms with Crippen molar-refractivity contribution in [3.05, 3.63) is 34.8 Å². The summed E-state index contributed by atoms with van der Waals surface area (Å²) in [6.07, 6.45) is 1.52. The topological polar surface area (TPSA) is 76.2 Å². The molecule has 0 radical (unpaired) electrons. The van der Waals surface area contributed by atoms with Crippen LogP contribution in [0.5, 0.6) is 0 Å². The summed E-state index contributed by atoms with van der Waals surface area (Å²) in [5.41, 5.74) is 2.39. The molecule has 2 aromatic heterocycles. The normalized spacial score (nSPS) is 10.6. The molecule has 0 aliphatic rings. The fraction of sp³-hybridized carbons (Fsp3) is 0.250. The Morgan fingerprint density at radius 3 is 2.56 bits per heavy atom. The number of carboxylic acid groups (broad SMARTS) is 1. The molecule has 0 unspecified atom stereocenters. The minimum absolute atomic E-state index is 0.196. The molecule has 2 rings (SSSR count). The van der Waals surface area contributed by atoms with Crippen LogP contribution in [0.15, 0.2) is 27.0 Å². The van der Waals surface area contributed by atoms with Crippen LogP contribution in [0.25, 0.3) is 0 Å². The van der Waals surface area contributed by atoms with Crippen molar-refractivity contribution in [2.75, 3.05) is 0 Å². The van der Waals surface area contributed by atoms with Gasteiger partial charge in [-0.05, 0) is 44.2 Å². The smallest absolute Gasteiger partial charge is 0.338 e. The van der Waals surface area contributed by atoms with E-state index in [2.05, 4.69) is 9.97 Å². The lowest BCUT2D eigenvalue weighted by atomic mass is 10.1. The first-order chi connectivity index (χ1) is 8.47. The van der Waals surface area contributed by atoms with Gasteiger partial charge >= 0.3 is 5.97 Å². The van der Waals surface area contributed by atoms with E-state index >= 15 is 0 Å². The molecule has 0 saturated carbocycles. The van der Waals surface area contributed by atoms with Gasteiger partial charge in [-0.25, -0.2) is 14.8 Å². The van der Waals surface area contributed by atoms with Gasteiger partial charge in [0.05, 0.1) is 11.3 Å². The summed E-state index contributed by atoms with van der Waals surface area (Å²) in [6.45, 7) is 5.38. The van der Waals surface area contributed by atoms with Gasteiger partial charge in [-0.15, -0.1) is 0 Å². The van der Waals surface area contributed by atoms with Crippen molar-refractivity contribution in [3.8, 4) is 0 Å². The molecule has 0 fully saturated rings. The third-order valence-electron chi connectivity index (χ3n) is 2.31. The van der Waals surface area contributed by atoms with Gasteiger partial charge in [-0.3, -0.25) is 0 Å². The van der Waals surface area contributed by atoms with Gasteiger partial charge in [-0.2, -0.15) is 0 Å². The Morgan fingerprint density at radius 2 is 2.00 bits per heavy atom. The first-order valence-corrected chi connectivity index (χ1v) is 6.10. The SMILES string of the molecule is Cc1coc(Sc2nc(C)cc(C)c2C(=O)O)n1. The summed E-state index contributed by atoms with van der Waals surface area (Å²) in [7, 11) is 0. The van der Waals surface area contributed by atoms with Gasteiger partial charge in [-0.1, -0.05) is 0 Å². The van der Waals surface area contributed by atoms with Crippen LogP contribution in [0.2, 0.25) is 0 Å². The molecule has 0 amide bonds. The standard InChI is InChI=1S/C12H12N2O3S/c1-6-4-7(2)13-10(9(6)11(15)16)18-12-14-8(3)5-17-12/h4-5H,1-3H3,(H,15,16). The third kappa shape index (κ3) is 2.53. The van der Waals surface area contributed by atoms with Crippen LogP contribution in [-0.2, 0) is 0 Å². The number of carboxylic acids is 1. The molecule has 2 aromatic rings. The van der Waals surface area contributed by atoms with E-state index in [0.717, 1.165) is 23.1 Å². The molecule has 0 saturated heterocycles. The second-order valence-corrected chi connectivity index (χ2v) is 4.86. The number of pyridine rings is 1. The number of aromatic nitrogens is 2. The summed E-state index contributed by atoms with van der Waals surface area (Å²) in [5, 5.41) is 10.0. The Morgan fingerprint density at radius 1 is 1.28 bits per heavy atom. The van der Waals surface area contributed by atoms with Crippen molar-refractivity contribution in [2.24, 2.45) is 0 Å². The van der Waals surface area contributed by atoms with E-state index in [-0.39, 0.29) is 5.56 Å². The quantitative estimate of drug-likeness (QED) is 0.918. The molecule has 1 N–H and O–H groups in total. The predicted molar refractivity (Wildman–Crippen MR) is 66.0 cm³/mol. The third-order valence-corrected chi connectivity index (χ3v) is 3.16. The zero-order valence-electron chi connectivity index (χ0n) is 10.2. The largest absolute Gasteiger partial charge is 0.478 e. The molecule has 18 heavy (non-hydrogen) atoms. The van der Waals surface area contributed by atoms with E-state index in [1.165, 1.54) is 6.26 Å². The maximum Gasteiger partial charge on any atom is 0.338 e. The van der Waals surface area contributed by atoms with E-state index in [1.54, 1.807) is 19.9 Å². The van der Waals surface area contributed by atoms with Gasteiger partial charge in [0.25, 0.3) is 5.22 Å². The number of hydrogen-bond acceptors (Lipinski definition) is 5. The van der Waals surface area contributed by atoms with Crippen LogP contribution in [-0.4, -0.2) is 21.0 Å². The lowest BCUT2D eigenvalue weighted by molar-refractivity contribution is 0.0691. The summed E-state index contributed by atoms with van der Waals surface area (Å²) in [6, 6.07) is 1.74. The molecule has 0 aliphatic carbocycles. The highest BCUT2D eigenvalue weighted by Crippen LogP contribution is 2.30. The van der Waals surface area contributed by atoms with Crippen molar-refractivity contribution in [3.63, 3.8) is 0 Å². The van der Waals surface area contributed by atoms with Crippen LogP contribution in [0, 0.1) is 20.8 Å². The zero-order valence-corrected chi connectivity index (χ0v) is 11.0. The second-order valence-electron chi connectivity index (χ2n) is 3.92. The molecule has 0 spiro atoms. The van der Waals surface area contributed by atoms with E-state index < -0.39 is 5.97 Å². The van der Waals surface area contributed by atoms with E-state index in [4.69, 9.17) is 4.42 Å². The molecule has 94 valence electrons. The average Bonchev–Trinajstić information content (AvgIpc) is 2.62. The maximum absolute atomic E-state index is 11.2. The molecule has 2 heterocycles. The predicted octanol–water partition coefficient (Wildman–Crippen LogP) is 2.84. The number of carbonyl (C=O) groups is 1. The van der Waals surface area contributed by atoms with Gasteiger partial charge in [0.2, 0.25) is 0 Å².